The van der Waals surface area contributed by atoms with Gasteiger partial charge in [-0.2, -0.15) is 0 Å². The predicted octanol–water partition coefficient (Wildman–Crippen LogP) is 2.82. The van der Waals surface area contributed by atoms with Crippen molar-refractivity contribution >= 4 is 23.4 Å². The lowest BCUT2D eigenvalue weighted by Crippen LogP contribution is -2.39. The molecule has 182 valence electrons. The van der Waals surface area contributed by atoms with Crippen molar-refractivity contribution < 1.29 is 23.7 Å². The first-order chi connectivity index (χ1) is 17.0. The minimum Gasteiger partial charge on any atom is -0.496 e. The number of rotatable bonds is 8. The van der Waals surface area contributed by atoms with E-state index in [4.69, 9.17) is 18.9 Å². The van der Waals surface area contributed by atoms with Crippen molar-refractivity contribution in [3.63, 3.8) is 0 Å². The van der Waals surface area contributed by atoms with Crippen LogP contribution in [0.15, 0.2) is 64.0 Å². The van der Waals surface area contributed by atoms with Crippen LogP contribution in [0.1, 0.15) is 31.0 Å². The van der Waals surface area contributed by atoms with Gasteiger partial charge in [0.15, 0.2) is 16.3 Å². The number of carbonyl (C=O) groups is 1. The zero-order valence-electron chi connectivity index (χ0n) is 19.9. The Morgan fingerprint density at radius 3 is 2.51 bits per heavy atom. The van der Waals surface area contributed by atoms with Gasteiger partial charge in [0.05, 0.1) is 43.6 Å². The summed E-state index contributed by atoms with van der Waals surface area (Å²) in [6, 6.07) is 12.1. The molecule has 0 saturated heterocycles. The van der Waals surface area contributed by atoms with Crippen LogP contribution in [0, 0.1) is 0 Å². The first-order valence-electron chi connectivity index (χ1n) is 11.1. The Hall–Kier alpha value is -3.85. The molecule has 1 aromatic heterocycles. The molecule has 0 spiro atoms. The van der Waals surface area contributed by atoms with E-state index in [-0.39, 0.29) is 11.1 Å². The lowest BCUT2D eigenvalue weighted by atomic mass is 9.97. The van der Waals surface area contributed by atoms with E-state index in [0.29, 0.717) is 45.4 Å². The molecule has 0 bridgehead atoms. The van der Waals surface area contributed by atoms with Gasteiger partial charge in [-0.3, -0.25) is 9.36 Å². The largest absolute Gasteiger partial charge is 0.496 e. The minimum absolute atomic E-state index is 0.246. The summed E-state index contributed by atoms with van der Waals surface area (Å²) >= 11 is 1.24. The second kappa shape index (κ2) is 10.6. The SMILES string of the molecule is CCOc1ccc([C@@H]2C(C(=O)OC)=CN=c3s/c(=C\c4ccccc4OC)c(=O)n32)cc1OCC. The fourth-order valence-corrected chi connectivity index (χ4v) is 4.87. The Balaban J connectivity index is 1.92. The summed E-state index contributed by atoms with van der Waals surface area (Å²) in [6.07, 6.45) is 3.23. The fraction of sp³-hybridized carbons (Fsp3) is 0.269. The topological polar surface area (TPSA) is 88.4 Å². The number of esters is 1. The maximum atomic E-state index is 13.6. The lowest BCUT2D eigenvalue weighted by Gasteiger charge is -2.23. The van der Waals surface area contributed by atoms with Crippen LogP contribution in [-0.2, 0) is 9.53 Å². The second-order valence-electron chi connectivity index (χ2n) is 7.49. The van der Waals surface area contributed by atoms with Crippen molar-refractivity contribution in [3.8, 4) is 17.2 Å². The van der Waals surface area contributed by atoms with Crippen LogP contribution in [0.3, 0.4) is 0 Å². The number of carbonyl (C=O) groups excluding carboxylic acids is 1. The Labute approximate surface area is 206 Å². The number of ether oxygens (including phenoxy) is 4. The van der Waals surface area contributed by atoms with Crippen molar-refractivity contribution in [1.82, 2.24) is 4.57 Å². The highest BCUT2D eigenvalue weighted by molar-refractivity contribution is 7.07. The summed E-state index contributed by atoms with van der Waals surface area (Å²) in [6.45, 7) is 4.68. The number of thiazole rings is 1. The number of fused-ring (bicyclic) bond motifs is 1. The summed E-state index contributed by atoms with van der Waals surface area (Å²) in [5.74, 6) is 1.21. The molecule has 35 heavy (non-hydrogen) atoms. The highest BCUT2D eigenvalue weighted by Crippen LogP contribution is 2.35. The molecule has 2 aromatic carbocycles. The molecule has 0 N–H and O–H groups in total. The number of benzene rings is 2. The van der Waals surface area contributed by atoms with Gasteiger partial charge in [-0.1, -0.05) is 35.6 Å². The summed E-state index contributed by atoms with van der Waals surface area (Å²) in [5.41, 5.74) is 1.42. The van der Waals surface area contributed by atoms with Crippen LogP contribution in [0.25, 0.3) is 6.08 Å². The van der Waals surface area contributed by atoms with Crippen molar-refractivity contribution in [1.29, 1.82) is 0 Å². The van der Waals surface area contributed by atoms with Crippen LogP contribution in [-0.4, -0.2) is 38.0 Å². The number of para-hydroxylation sites is 1. The smallest absolute Gasteiger partial charge is 0.337 e. The second-order valence-corrected chi connectivity index (χ2v) is 8.50. The molecule has 1 aliphatic heterocycles. The Kier molecular flexibility index (Phi) is 7.36. The molecule has 0 aliphatic carbocycles. The average molecular weight is 495 g/mol. The summed E-state index contributed by atoms with van der Waals surface area (Å²) in [7, 11) is 2.88. The van der Waals surface area contributed by atoms with Crippen LogP contribution >= 0.6 is 11.3 Å². The summed E-state index contributed by atoms with van der Waals surface area (Å²) in [5, 5.41) is 0. The molecule has 0 radical (unpaired) electrons. The Bertz CT molecular complexity index is 1450. The van der Waals surface area contributed by atoms with Crippen LogP contribution in [0.2, 0.25) is 0 Å². The normalized spacial score (nSPS) is 15.0. The van der Waals surface area contributed by atoms with Gasteiger partial charge in [0, 0.05) is 11.8 Å². The maximum Gasteiger partial charge on any atom is 0.337 e. The van der Waals surface area contributed by atoms with Crippen molar-refractivity contribution in [2.75, 3.05) is 27.4 Å². The Morgan fingerprint density at radius 1 is 1.06 bits per heavy atom. The highest BCUT2D eigenvalue weighted by atomic mass is 32.1. The van der Waals surface area contributed by atoms with Crippen LogP contribution in [0.4, 0.5) is 0 Å². The van der Waals surface area contributed by atoms with Crippen LogP contribution in [0.5, 0.6) is 17.2 Å². The van der Waals surface area contributed by atoms with Gasteiger partial charge in [0.2, 0.25) is 0 Å². The van der Waals surface area contributed by atoms with Gasteiger partial charge in [-0.15, -0.1) is 0 Å². The predicted molar refractivity (Wildman–Crippen MR) is 133 cm³/mol. The molecule has 9 heteroatoms. The zero-order valence-corrected chi connectivity index (χ0v) is 20.8. The third-order valence-electron chi connectivity index (χ3n) is 5.43. The molecule has 1 atom stereocenters. The molecule has 0 unspecified atom stereocenters. The van der Waals surface area contributed by atoms with E-state index in [1.54, 1.807) is 25.3 Å². The first kappa shape index (κ1) is 24.3. The van der Waals surface area contributed by atoms with Crippen LogP contribution < -0.4 is 29.1 Å². The summed E-state index contributed by atoms with van der Waals surface area (Å²) < 4.78 is 23.9. The molecule has 0 saturated carbocycles. The van der Waals surface area contributed by atoms with E-state index in [9.17, 15) is 9.59 Å². The number of nitrogens with zero attached hydrogens (tertiary/aromatic N) is 2. The standard InChI is InChI=1S/C26H26N2O6S/c1-5-33-20-12-11-17(13-21(20)34-6-2)23-18(25(30)32-4)15-27-26-28(23)24(29)22(35-26)14-16-9-7-8-10-19(16)31-3/h7-15,23H,5-6H2,1-4H3/b22-14-/t23-/m1/s1. The molecule has 0 amide bonds. The quantitative estimate of drug-likeness (QED) is 0.448. The average Bonchev–Trinajstić information content (AvgIpc) is 3.19. The third kappa shape index (κ3) is 4.72. The molecular formula is C26H26N2O6S. The van der Waals surface area contributed by atoms with Gasteiger partial charge in [0.1, 0.15) is 5.75 Å². The number of methoxy groups -OCH3 is 2. The third-order valence-corrected chi connectivity index (χ3v) is 6.43. The molecule has 8 nitrogen and oxygen atoms in total. The molecular weight excluding hydrogens is 468 g/mol. The van der Waals surface area contributed by atoms with Gasteiger partial charge < -0.3 is 18.9 Å². The molecule has 4 rings (SSSR count). The molecule has 2 heterocycles. The fourth-order valence-electron chi connectivity index (χ4n) is 3.91. The zero-order chi connectivity index (χ0) is 24.9. The maximum absolute atomic E-state index is 13.6. The van der Waals surface area contributed by atoms with E-state index in [1.807, 2.05) is 44.2 Å². The monoisotopic (exact) mass is 494 g/mol. The van der Waals surface area contributed by atoms with E-state index in [2.05, 4.69) is 4.99 Å². The first-order valence-corrected chi connectivity index (χ1v) is 12.0. The van der Waals surface area contributed by atoms with Crippen molar-refractivity contribution in [2.45, 2.75) is 19.9 Å². The number of hydrogen-bond acceptors (Lipinski definition) is 8. The van der Waals surface area contributed by atoms with E-state index < -0.39 is 12.0 Å². The summed E-state index contributed by atoms with van der Waals surface area (Å²) in [4.78, 5) is 31.2. The van der Waals surface area contributed by atoms with E-state index in [0.717, 1.165) is 5.56 Å². The highest BCUT2D eigenvalue weighted by Gasteiger charge is 2.31. The van der Waals surface area contributed by atoms with E-state index >= 15 is 0 Å². The Morgan fingerprint density at radius 2 is 1.80 bits per heavy atom. The molecule has 1 aliphatic rings. The van der Waals surface area contributed by atoms with Crippen molar-refractivity contribution in [3.05, 3.63) is 85.1 Å². The van der Waals surface area contributed by atoms with Gasteiger partial charge in [-0.25, -0.2) is 9.79 Å². The van der Waals surface area contributed by atoms with Gasteiger partial charge in [0.25, 0.3) is 5.56 Å². The van der Waals surface area contributed by atoms with Gasteiger partial charge >= 0.3 is 5.97 Å². The van der Waals surface area contributed by atoms with Gasteiger partial charge in [-0.05, 0) is 43.7 Å². The van der Waals surface area contributed by atoms with E-state index in [1.165, 1.54) is 29.2 Å². The molecule has 0 fully saturated rings. The number of hydrogen-bond donors (Lipinski definition) is 0. The lowest BCUT2D eigenvalue weighted by molar-refractivity contribution is -0.136. The number of aromatic nitrogens is 1. The minimum atomic E-state index is -0.742. The van der Waals surface area contributed by atoms with Crippen molar-refractivity contribution in [2.24, 2.45) is 4.99 Å². The molecule has 3 aromatic rings.